The fourth-order valence-electron chi connectivity index (χ4n) is 6.27. The van der Waals surface area contributed by atoms with Crippen LogP contribution in [-0.4, -0.2) is 54.8 Å². The molecular weight excluding hydrogens is 556 g/mol. The number of benzene rings is 3. The summed E-state index contributed by atoms with van der Waals surface area (Å²) in [6.45, 7) is 7.44. The van der Waals surface area contributed by atoms with Crippen LogP contribution in [0.4, 0.5) is 11.4 Å². The van der Waals surface area contributed by atoms with Crippen molar-refractivity contribution in [2.24, 2.45) is 10.5 Å². The molecule has 39 heavy (non-hydrogen) atoms. The van der Waals surface area contributed by atoms with Gasteiger partial charge in [0.25, 0.3) is 5.91 Å². The van der Waals surface area contributed by atoms with E-state index in [2.05, 4.69) is 68.2 Å². The highest BCUT2D eigenvalue weighted by atomic mass is 79.9. The summed E-state index contributed by atoms with van der Waals surface area (Å²) in [5, 5.41) is 6.38. The minimum absolute atomic E-state index is 0.0222. The predicted molar refractivity (Wildman–Crippen MR) is 156 cm³/mol. The maximum Gasteiger partial charge on any atom is 0.338 e. The van der Waals surface area contributed by atoms with E-state index in [0.29, 0.717) is 24.3 Å². The average Bonchev–Trinajstić information content (AvgIpc) is 3.19. The lowest BCUT2D eigenvalue weighted by atomic mass is 9.67. The second-order valence-corrected chi connectivity index (χ2v) is 11.3. The van der Waals surface area contributed by atoms with Crippen molar-refractivity contribution in [3.8, 4) is 0 Å². The zero-order valence-electron chi connectivity index (χ0n) is 22.1. The summed E-state index contributed by atoms with van der Waals surface area (Å²) in [7, 11) is 0. The fourth-order valence-corrected chi connectivity index (χ4v) is 6.68. The van der Waals surface area contributed by atoms with Crippen LogP contribution in [0.15, 0.2) is 82.4 Å². The molecule has 3 aliphatic rings. The molecular formula is C31H31BrN4O3. The van der Waals surface area contributed by atoms with E-state index < -0.39 is 5.41 Å². The number of ether oxygens (including phenoxy) is 1. The SMILES string of the molecule is CCOC(=O)c1ccc(N2N=C(C)[C@]3(Cc4cc(Br)ccc4N4CCN(Cc5ccccc5)C[C@H]43)C2=O)cc1. The molecule has 0 saturated carbocycles. The van der Waals surface area contributed by atoms with Gasteiger partial charge in [-0.3, -0.25) is 9.69 Å². The summed E-state index contributed by atoms with van der Waals surface area (Å²) in [4.78, 5) is 31.5. The van der Waals surface area contributed by atoms with Crippen LogP contribution in [0.2, 0.25) is 0 Å². The number of rotatable bonds is 5. The van der Waals surface area contributed by atoms with Crippen molar-refractivity contribution in [3.63, 3.8) is 0 Å². The summed E-state index contributed by atoms with van der Waals surface area (Å²) in [6, 6.07) is 23.8. The third-order valence-corrected chi connectivity index (χ3v) is 8.69. The molecule has 0 bridgehead atoms. The second kappa shape index (κ2) is 10.2. The number of hydrazone groups is 1. The number of hydrogen-bond donors (Lipinski definition) is 0. The zero-order valence-corrected chi connectivity index (χ0v) is 23.7. The van der Waals surface area contributed by atoms with Crippen molar-refractivity contribution in [2.45, 2.75) is 32.9 Å². The molecule has 0 N–H and O–H groups in total. The van der Waals surface area contributed by atoms with Gasteiger partial charge in [-0.05, 0) is 73.9 Å². The molecule has 0 aliphatic carbocycles. The maximum absolute atomic E-state index is 14.5. The average molecular weight is 588 g/mol. The Hall–Kier alpha value is -3.49. The Morgan fingerprint density at radius 2 is 1.85 bits per heavy atom. The molecule has 3 aromatic carbocycles. The molecule has 1 fully saturated rings. The van der Waals surface area contributed by atoms with Crippen LogP contribution in [0, 0.1) is 5.41 Å². The summed E-state index contributed by atoms with van der Waals surface area (Å²) in [6.07, 6.45) is 0.591. The molecule has 1 spiro atoms. The quantitative estimate of drug-likeness (QED) is 0.380. The largest absolute Gasteiger partial charge is 0.462 e. The Bertz CT molecular complexity index is 1440. The molecule has 3 aliphatic heterocycles. The van der Waals surface area contributed by atoms with E-state index in [9.17, 15) is 9.59 Å². The second-order valence-electron chi connectivity index (χ2n) is 10.4. The number of anilines is 2. The van der Waals surface area contributed by atoms with Gasteiger partial charge in [0, 0.05) is 36.3 Å². The molecule has 1 amide bonds. The molecule has 6 rings (SSSR count). The number of carbonyl (C=O) groups excluding carboxylic acids is 2. The third kappa shape index (κ3) is 4.45. The summed E-state index contributed by atoms with van der Waals surface area (Å²) < 4.78 is 6.12. The molecule has 200 valence electrons. The first-order valence-electron chi connectivity index (χ1n) is 13.4. The topological polar surface area (TPSA) is 65.5 Å². The van der Waals surface area contributed by atoms with Crippen molar-refractivity contribution >= 4 is 44.9 Å². The normalized spacial score (nSPS) is 22.5. The van der Waals surface area contributed by atoms with Crippen molar-refractivity contribution in [3.05, 3.63) is 94.0 Å². The zero-order chi connectivity index (χ0) is 27.1. The van der Waals surface area contributed by atoms with E-state index in [-0.39, 0.29) is 17.9 Å². The van der Waals surface area contributed by atoms with Crippen LogP contribution in [0.5, 0.6) is 0 Å². The first kappa shape index (κ1) is 25.8. The molecule has 8 heteroatoms. The number of nitrogens with zero attached hydrogens (tertiary/aromatic N) is 4. The Balaban J connectivity index is 1.36. The van der Waals surface area contributed by atoms with Gasteiger partial charge in [0.15, 0.2) is 0 Å². The van der Waals surface area contributed by atoms with E-state index in [1.54, 1.807) is 31.2 Å². The highest BCUT2D eigenvalue weighted by Crippen LogP contribution is 2.48. The maximum atomic E-state index is 14.5. The van der Waals surface area contributed by atoms with Gasteiger partial charge in [-0.1, -0.05) is 46.3 Å². The van der Waals surface area contributed by atoms with Gasteiger partial charge in [-0.2, -0.15) is 10.1 Å². The number of amides is 1. The van der Waals surface area contributed by atoms with Gasteiger partial charge in [0.05, 0.1) is 29.6 Å². The minimum Gasteiger partial charge on any atom is -0.462 e. The molecule has 1 saturated heterocycles. The van der Waals surface area contributed by atoms with Gasteiger partial charge in [-0.25, -0.2) is 4.79 Å². The van der Waals surface area contributed by atoms with Gasteiger partial charge in [0.2, 0.25) is 0 Å². The van der Waals surface area contributed by atoms with E-state index in [1.807, 2.05) is 13.0 Å². The van der Waals surface area contributed by atoms with E-state index >= 15 is 0 Å². The summed E-state index contributed by atoms with van der Waals surface area (Å²) in [5.41, 5.74) is 4.76. The first-order chi connectivity index (χ1) is 18.9. The number of fused-ring (bicyclic) bond motifs is 4. The first-order valence-corrected chi connectivity index (χ1v) is 14.2. The van der Waals surface area contributed by atoms with Crippen molar-refractivity contribution in [1.82, 2.24) is 4.90 Å². The Morgan fingerprint density at radius 3 is 2.59 bits per heavy atom. The molecule has 3 heterocycles. The highest BCUT2D eigenvalue weighted by molar-refractivity contribution is 9.10. The van der Waals surface area contributed by atoms with Crippen molar-refractivity contribution < 1.29 is 14.3 Å². The highest BCUT2D eigenvalue weighted by Gasteiger charge is 2.59. The Kier molecular flexibility index (Phi) is 6.77. The summed E-state index contributed by atoms with van der Waals surface area (Å²) in [5.74, 6) is -0.398. The molecule has 0 unspecified atom stereocenters. The van der Waals surface area contributed by atoms with Crippen LogP contribution in [-0.2, 0) is 22.5 Å². The predicted octanol–water partition coefficient (Wildman–Crippen LogP) is 5.28. The van der Waals surface area contributed by atoms with Crippen LogP contribution in [0.3, 0.4) is 0 Å². The molecule has 0 radical (unpaired) electrons. The Morgan fingerprint density at radius 1 is 1.08 bits per heavy atom. The number of halogens is 1. The van der Waals surface area contributed by atoms with Crippen LogP contribution < -0.4 is 9.91 Å². The lowest BCUT2D eigenvalue weighted by Gasteiger charge is -2.53. The van der Waals surface area contributed by atoms with E-state index in [0.717, 1.165) is 41.9 Å². The third-order valence-electron chi connectivity index (χ3n) is 8.20. The van der Waals surface area contributed by atoms with Gasteiger partial charge < -0.3 is 9.64 Å². The number of piperazine rings is 1. The minimum atomic E-state index is -0.789. The molecule has 3 aromatic rings. The van der Waals surface area contributed by atoms with Crippen molar-refractivity contribution in [2.75, 3.05) is 36.1 Å². The monoisotopic (exact) mass is 586 g/mol. The summed E-state index contributed by atoms with van der Waals surface area (Å²) >= 11 is 3.64. The smallest absolute Gasteiger partial charge is 0.338 e. The Labute approximate surface area is 237 Å². The fraction of sp³-hybridized carbons (Fsp3) is 0.323. The van der Waals surface area contributed by atoms with E-state index in [4.69, 9.17) is 9.84 Å². The van der Waals surface area contributed by atoms with Crippen molar-refractivity contribution in [1.29, 1.82) is 0 Å². The number of carbonyl (C=O) groups is 2. The molecule has 7 nitrogen and oxygen atoms in total. The van der Waals surface area contributed by atoms with Crippen LogP contribution in [0.25, 0.3) is 0 Å². The van der Waals surface area contributed by atoms with Gasteiger partial charge in [0.1, 0.15) is 5.41 Å². The molecule has 0 aromatic heterocycles. The van der Waals surface area contributed by atoms with Crippen LogP contribution >= 0.6 is 15.9 Å². The lowest BCUT2D eigenvalue weighted by molar-refractivity contribution is -0.125. The van der Waals surface area contributed by atoms with E-state index in [1.165, 1.54) is 16.3 Å². The van der Waals surface area contributed by atoms with Gasteiger partial charge >= 0.3 is 5.97 Å². The van der Waals surface area contributed by atoms with Gasteiger partial charge in [-0.15, -0.1) is 0 Å². The number of hydrogen-bond acceptors (Lipinski definition) is 6. The molecule has 2 atom stereocenters. The lowest BCUT2D eigenvalue weighted by Crippen LogP contribution is -2.66. The van der Waals surface area contributed by atoms with Crippen LogP contribution in [0.1, 0.15) is 35.3 Å². The standard InChI is InChI=1S/C31H31BrN4O3/c1-3-39-29(37)23-9-12-26(13-10-23)36-30(38)31(21(2)33-36)18-24-17-25(32)11-14-27(24)35-16-15-34(20-28(31)35)19-22-7-5-4-6-8-22/h4-14,17,28H,3,15-16,18-20H2,1-2H3/t28-,31-/m0/s1. The number of esters is 1.